The van der Waals surface area contributed by atoms with Crippen LogP contribution in [0.15, 0.2) is 18.3 Å². The molecule has 2 aliphatic rings. The Labute approximate surface area is 102 Å². The topological polar surface area (TPSA) is 33.2 Å². The molecule has 0 N–H and O–H groups in total. The summed E-state index contributed by atoms with van der Waals surface area (Å²) in [5, 5.41) is 0. The predicted molar refractivity (Wildman–Crippen MR) is 67.3 cm³/mol. The number of pyridine rings is 1. The van der Waals surface area contributed by atoms with E-state index in [9.17, 15) is 4.79 Å². The van der Waals surface area contributed by atoms with Crippen molar-refractivity contribution in [2.45, 2.75) is 38.0 Å². The molecule has 2 heterocycles. The van der Waals surface area contributed by atoms with E-state index in [1.54, 1.807) is 6.92 Å². The SMILES string of the molecule is CC(=O)C1(c2cccnc2N2CCCC2)CC1. The number of aromatic nitrogens is 1. The van der Waals surface area contributed by atoms with Gasteiger partial charge in [0.2, 0.25) is 0 Å². The molecule has 90 valence electrons. The minimum absolute atomic E-state index is 0.202. The predicted octanol–water partition coefficient (Wildman–Crippen LogP) is 2.30. The first-order valence-corrected chi connectivity index (χ1v) is 6.45. The van der Waals surface area contributed by atoms with Gasteiger partial charge in [-0.1, -0.05) is 6.07 Å². The Morgan fingerprint density at radius 2 is 2.06 bits per heavy atom. The van der Waals surface area contributed by atoms with Gasteiger partial charge in [-0.3, -0.25) is 4.79 Å². The summed E-state index contributed by atoms with van der Waals surface area (Å²) in [4.78, 5) is 18.7. The van der Waals surface area contributed by atoms with Crippen molar-refractivity contribution in [2.24, 2.45) is 0 Å². The van der Waals surface area contributed by atoms with E-state index in [1.165, 1.54) is 12.8 Å². The number of carbonyl (C=O) groups excluding carboxylic acids is 1. The highest BCUT2D eigenvalue weighted by Gasteiger charge is 2.50. The molecule has 1 aliphatic carbocycles. The third-order valence-electron chi connectivity index (χ3n) is 4.13. The van der Waals surface area contributed by atoms with Gasteiger partial charge in [0.05, 0.1) is 5.41 Å². The fourth-order valence-corrected chi connectivity index (χ4v) is 2.89. The largest absolute Gasteiger partial charge is 0.356 e. The van der Waals surface area contributed by atoms with Gasteiger partial charge in [-0.15, -0.1) is 0 Å². The van der Waals surface area contributed by atoms with Crippen LogP contribution in [0.2, 0.25) is 0 Å². The monoisotopic (exact) mass is 230 g/mol. The lowest BCUT2D eigenvalue weighted by molar-refractivity contribution is -0.119. The summed E-state index contributed by atoms with van der Waals surface area (Å²) >= 11 is 0. The second kappa shape index (κ2) is 3.83. The van der Waals surface area contributed by atoms with Gasteiger partial charge in [0, 0.05) is 24.8 Å². The normalized spacial score (nSPS) is 21.6. The highest BCUT2D eigenvalue weighted by atomic mass is 16.1. The van der Waals surface area contributed by atoms with Gasteiger partial charge >= 0.3 is 0 Å². The standard InChI is InChI=1S/C14H18N2O/c1-11(17)14(6-7-14)12-5-4-8-15-13(12)16-9-2-3-10-16/h4-5,8H,2-3,6-7,9-10H2,1H3. The van der Waals surface area contributed by atoms with Crippen LogP contribution in [0.4, 0.5) is 5.82 Å². The minimum atomic E-state index is -0.202. The van der Waals surface area contributed by atoms with Gasteiger partial charge in [0.1, 0.15) is 11.6 Å². The van der Waals surface area contributed by atoms with Crippen molar-refractivity contribution in [1.29, 1.82) is 0 Å². The second-order valence-corrected chi connectivity index (χ2v) is 5.21. The Morgan fingerprint density at radius 1 is 1.35 bits per heavy atom. The molecule has 1 aliphatic heterocycles. The number of rotatable bonds is 3. The minimum Gasteiger partial charge on any atom is -0.356 e. The molecule has 0 spiro atoms. The molecule has 0 atom stereocenters. The number of hydrogen-bond acceptors (Lipinski definition) is 3. The smallest absolute Gasteiger partial charge is 0.140 e. The van der Waals surface area contributed by atoms with E-state index < -0.39 is 0 Å². The molecule has 3 nitrogen and oxygen atoms in total. The molecule has 0 bridgehead atoms. The van der Waals surface area contributed by atoms with Crippen molar-refractivity contribution in [3.8, 4) is 0 Å². The van der Waals surface area contributed by atoms with Crippen molar-refractivity contribution in [1.82, 2.24) is 4.98 Å². The van der Waals surface area contributed by atoms with Crippen LogP contribution < -0.4 is 4.90 Å². The third-order valence-corrected chi connectivity index (χ3v) is 4.13. The fourth-order valence-electron chi connectivity index (χ4n) is 2.89. The zero-order valence-corrected chi connectivity index (χ0v) is 10.3. The number of hydrogen-bond donors (Lipinski definition) is 0. The van der Waals surface area contributed by atoms with Crippen molar-refractivity contribution >= 4 is 11.6 Å². The van der Waals surface area contributed by atoms with Crippen LogP contribution in [-0.2, 0) is 10.2 Å². The molecular weight excluding hydrogens is 212 g/mol. The summed E-state index contributed by atoms with van der Waals surface area (Å²) in [6, 6.07) is 4.05. The Morgan fingerprint density at radius 3 is 2.65 bits per heavy atom. The highest BCUT2D eigenvalue weighted by Crippen LogP contribution is 2.51. The molecule has 3 rings (SSSR count). The van der Waals surface area contributed by atoms with Gasteiger partial charge in [0.15, 0.2) is 0 Å². The van der Waals surface area contributed by atoms with E-state index in [0.29, 0.717) is 5.78 Å². The van der Waals surface area contributed by atoms with Gasteiger partial charge in [0.25, 0.3) is 0 Å². The molecule has 0 amide bonds. The third kappa shape index (κ3) is 1.65. The van der Waals surface area contributed by atoms with Crippen molar-refractivity contribution in [2.75, 3.05) is 18.0 Å². The maximum Gasteiger partial charge on any atom is 0.140 e. The summed E-state index contributed by atoms with van der Waals surface area (Å²) in [7, 11) is 0. The van der Waals surface area contributed by atoms with Gasteiger partial charge in [-0.2, -0.15) is 0 Å². The zero-order valence-electron chi connectivity index (χ0n) is 10.3. The van der Waals surface area contributed by atoms with Crippen LogP contribution in [-0.4, -0.2) is 23.9 Å². The number of anilines is 1. The Balaban J connectivity index is 2.02. The van der Waals surface area contributed by atoms with Crippen LogP contribution in [0.3, 0.4) is 0 Å². The van der Waals surface area contributed by atoms with E-state index in [4.69, 9.17) is 0 Å². The fraction of sp³-hybridized carbons (Fsp3) is 0.571. The molecule has 1 aromatic rings. The van der Waals surface area contributed by atoms with Crippen LogP contribution in [0.1, 0.15) is 38.2 Å². The van der Waals surface area contributed by atoms with E-state index >= 15 is 0 Å². The molecule has 0 aromatic carbocycles. The Bertz CT molecular complexity index is 445. The lowest BCUT2D eigenvalue weighted by atomic mass is 9.92. The summed E-state index contributed by atoms with van der Waals surface area (Å²) in [6.07, 6.45) is 6.31. The van der Waals surface area contributed by atoms with Crippen molar-refractivity contribution in [3.05, 3.63) is 23.9 Å². The molecule has 1 saturated heterocycles. The average Bonchev–Trinajstić information content (AvgIpc) is 2.98. The van der Waals surface area contributed by atoms with E-state index in [1.807, 2.05) is 12.3 Å². The first-order chi connectivity index (χ1) is 8.24. The van der Waals surface area contributed by atoms with Gasteiger partial charge in [-0.25, -0.2) is 4.98 Å². The van der Waals surface area contributed by atoms with E-state index in [0.717, 1.165) is 37.3 Å². The summed E-state index contributed by atoms with van der Waals surface area (Å²) < 4.78 is 0. The first kappa shape index (κ1) is 10.8. The van der Waals surface area contributed by atoms with Gasteiger partial charge in [-0.05, 0) is 38.7 Å². The summed E-state index contributed by atoms with van der Waals surface area (Å²) in [5.74, 6) is 1.35. The number of nitrogens with zero attached hydrogens (tertiary/aromatic N) is 2. The zero-order chi connectivity index (χ0) is 11.9. The second-order valence-electron chi connectivity index (χ2n) is 5.21. The molecule has 0 unspecified atom stereocenters. The maximum absolute atomic E-state index is 11.8. The number of ketones is 1. The molecule has 3 heteroatoms. The van der Waals surface area contributed by atoms with Crippen molar-refractivity contribution < 1.29 is 4.79 Å². The van der Waals surface area contributed by atoms with Crippen LogP contribution in [0, 0.1) is 0 Å². The Hall–Kier alpha value is -1.38. The molecule has 0 radical (unpaired) electrons. The van der Waals surface area contributed by atoms with Gasteiger partial charge < -0.3 is 4.90 Å². The maximum atomic E-state index is 11.8. The summed E-state index contributed by atoms with van der Waals surface area (Å²) in [6.45, 7) is 3.88. The van der Waals surface area contributed by atoms with E-state index in [-0.39, 0.29) is 5.41 Å². The molecule has 1 saturated carbocycles. The van der Waals surface area contributed by atoms with E-state index in [2.05, 4.69) is 16.0 Å². The number of carbonyl (C=O) groups is 1. The summed E-state index contributed by atoms with van der Waals surface area (Å²) in [5.41, 5.74) is 0.959. The van der Waals surface area contributed by atoms with Crippen LogP contribution in [0.5, 0.6) is 0 Å². The number of Topliss-reactive ketones (excluding diaryl/α,β-unsaturated/α-hetero) is 1. The average molecular weight is 230 g/mol. The van der Waals surface area contributed by atoms with Crippen LogP contribution >= 0.6 is 0 Å². The molecule has 1 aromatic heterocycles. The lowest BCUT2D eigenvalue weighted by Crippen LogP contribution is -2.26. The lowest BCUT2D eigenvalue weighted by Gasteiger charge is -2.23. The first-order valence-electron chi connectivity index (χ1n) is 6.45. The Kier molecular flexibility index (Phi) is 2.42. The molecule has 2 fully saturated rings. The molecular formula is C14H18N2O. The molecule has 17 heavy (non-hydrogen) atoms. The van der Waals surface area contributed by atoms with Crippen molar-refractivity contribution in [3.63, 3.8) is 0 Å². The highest BCUT2D eigenvalue weighted by molar-refractivity contribution is 5.92. The quantitative estimate of drug-likeness (QED) is 0.799. The van der Waals surface area contributed by atoms with Crippen LogP contribution in [0.25, 0.3) is 0 Å².